The van der Waals surface area contributed by atoms with Crippen LogP contribution in [0.4, 0.5) is 0 Å². The smallest absolute Gasteiger partial charge is 0.221 e. The summed E-state index contributed by atoms with van der Waals surface area (Å²) < 4.78 is 4.84. The van der Waals surface area contributed by atoms with E-state index >= 15 is 0 Å². The fourth-order valence-corrected chi connectivity index (χ4v) is 2.21. The van der Waals surface area contributed by atoms with E-state index in [1.165, 1.54) is 0 Å². The second-order valence-corrected chi connectivity index (χ2v) is 5.28. The molecule has 1 amide bonds. The highest BCUT2D eigenvalue weighted by Crippen LogP contribution is 2.31. The zero-order valence-corrected chi connectivity index (χ0v) is 13.4. The SMILES string of the molecule is COCCNC(=O)CCNCc1c(Cl)ccc(Cl)c1Cl. The Morgan fingerprint density at radius 2 is 1.90 bits per heavy atom. The summed E-state index contributed by atoms with van der Waals surface area (Å²) in [6, 6.07) is 3.35. The highest BCUT2D eigenvalue weighted by atomic mass is 35.5. The van der Waals surface area contributed by atoms with E-state index < -0.39 is 0 Å². The molecule has 0 saturated carbocycles. The van der Waals surface area contributed by atoms with Crippen LogP contribution in [0.1, 0.15) is 12.0 Å². The molecule has 1 aromatic carbocycles. The number of methoxy groups -OCH3 is 1. The molecule has 0 heterocycles. The number of halogens is 3. The van der Waals surface area contributed by atoms with Gasteiger partial charge in [-0.2, -0.15) is 0 Å². The monoisotopic (exact) mass is 338 g/mol. The summed E-state index contributed by atoms with van der Waals surface area (Å²) in [6.45, 7) is 2.01. The van der Waals surface area contributed by atoms with Gasteiger partial charge in [0.25, 0.3) is 0 Å². The standard InChI is InChI=1S/C13H17Cl3N2O2/c1-20-7-6-18-12(19)4-5-17-8-9-10(14)2-3-11(15)13(9)16/h2-3,17H,4-8H2,1H3,(H,18,19). The Morgan fingerprint density at radius 3 is 2.60 bits per heavy atom. The fraction of sp³-hybridized carbons (Fsp3) is 0.462. The fourth-order valence-electron chi connectivity index (χ4n) is 1.53. The van der Waals surface area contributed by atoms with Crippen molar-refractivity contribution in [2.24, 2.45) is 0 Å². The third-order valence-electron chi connectivity index (χ3n) is 2.60. The maximum Gasteiger partial charge on any atom is 0.221 e. The van der Waals surface area contributed by atoms with E-state index in [0.29, 0.717) is 47.7 Å². The minimum atomic E-state index is -0.0298. The van der Waals surface area contributed by atoms with Crippen molar-refractivity contribution in [3.63, 3.8) is 0 Å². The van der Waals surface area contributed by atoms with Crippen molar-refractivity contribution in [2.75, 3.05) is 26.8 Å². The number of hydrogen-bond donors (Lipinski definition) is 2. The number of benzene rings is 1. The summed E-state index contributed by atoms with van der Waals surface area (Å²) in [6.07, 6.45) is 0.375. The van der Waals surface area contributed by atoms with Crippen LogP contribution in [0.25, 0.3) is 0 Å². The molecular formula is C13H17Cl3N2O2. The predicted octanol–water partition coefficient (Wildman–Crippen LogP) is 2.89. The van der Waals surface area contributed by atoms with Gasteiger partial charge in [-0.15, -0.1) is 0 Å². The van der Waals surface area contributed by atoms with Gasteiger partial charge in [0.1, 0.15) is 0 Å². The van der Waals surface area contributed by atoms with Gasteiger partial charge in [0.2, 0.25) is 5.91 Å². The van der Waals surface area contributed by atoms with Gasteiger partial charge in [-0.05, 0) is 12.1 Å². The van der Waals surface area contributed by atoms with Crippen molar-refractivity contribution in [1.82, 2.24) is 10.6 Å². The van der Waals surface area contributed by atoms with Crippen LogP contribution in [0.3, 0.4) is 0 Å². The molecule has 4 nitrogen and oxygen atoms in total. The van der Waals surface area contributed by atoms with Crippen molar-refractivity contribution >= 4 is 40.7 Å². The number of hydrogen-bond acceptors (Lipinski definition) is 3. The van der Waals surface area contributed by atoms with Gasteiger partial charge in [0.15, 0.2) is 0 Å². The first-order chi connectivity index (χ1) is 9.56. The Kier molecular flexibility index (Phi) is 8.26. The average Bonchev–Trinajstić information content (AvgIpc) is 2.42. The Bertz CT molecular complexity index is 455. The Labute approximate surface area is 133 Å². The molecule has 0 spiro atoms. The minimum absolute atomic E-state index is 0.0298. The highest BCUT2D eigenvalue weighted by molar-refractivity contribution is 6.44. The van der Waals surface area contributed by atoms with Crippen molar-refractivity contribution in [2.45, 2.75) is 13.0 Å². The molecule has 0 bridgehead atoms. The molecule has 20 heavy (non-hydrogen) atoms. The van der Waals surface area contributed by atoms with Gasteiger partial charge in [-0.3, -0.25) is 4.79 Å². The number of amides is 1. The van der Waals surface area contributed by atoms with Crippen molar-refractivity contribution in [1.29, 1.82) is 0 Å². The van der Waals surface area contributed by atoms with E-state index in [2.05, 4.69) is 10.6 Å². The molecule has 1 rings (SSSR count). The van der Waals surface area contributed by atoms with Gasteiger partial charge in [0, 0.05) is 43.8 Å². The number of ether oxygens (including phenoxy) is 1. The van der Waals surface area contributed by atoms with Crippen LogP contribution >= 0.6 is 34.8 Å². The number of nitrogens with one attached hydrogen (secondary N) is 2. The molecule has 7 heteroatoms. The second-order valence-electron chi connectivity index (χ2n) is 4.09. The van der Waals surface area contributed by atoms with Crippen LogP contribution in [-0.2, 0) is 16.1 Å². The zero-order valence-electron chi connectivity index (χ0n) is 11.1. The summed E-state index contributed by atoms with van der Waals surface area (Å²) in [7, 11) is 1.59. The summed E-state index contributed by atoms with van der Waals surface area (Å²) in [5, 5.41) is 7.31. The highest BCUT2D eigenvalue weighted by Gasteiger charge is 2.09. The van der Waals surface area contributed by atoms with Crippen molar-refractivity contribution in [3.05, 3.63) is 32.8 Å². The number of carbonyl (C=O) groups is 1. The maximum absolute atomic E-state index is 11.4. The molecule has 0 radical (unpaired) electrons. The van der Waals surface area contributed by atoms with E-state index in [9.17, 15) is 4.79 Å². The lowest BCUT2D eigenvalue weighted by Crippen LogP contribution is -2.30. The molecule has 1 aromatic rings. The van der Waals surface area contributed by atoms with E-state index in [1.54, 1.807) is 19.2 Å². The molecule has 0 aliphatic carbocycles. The summed E-state index contributed by atoms with van der Waals surface area (Å²) in [4.78, 5) is 11.4. The molecule has 0 aliphatic rings. The normalized spacial score (nSPS) is 10.6. The van der Waals surface area contributed by atoms with Crippen LogP contribution in [0.15, 0.2) is 12.1 Å². The van der Waals surface area contributed by atoms with Crippen molar-refractivity contribution in [3.8, 4) is 0 Å². The van der Waals surface area contributed by atoms with E-state index in [0.717, 1.165) is 5.56 Å². The van der Waals surface area contributed by atoms with Gasteiger partial charge >= 0.3 is 0 Å². The predicted molar refractivity (Wildman–Crippen MR) is 82.7 cm³/mol. The second kappa shape index (κ2) is 9.42. The third kappa shape index (κ3) is 5.85. The summed E-state index contributed by atoms with van der Waals surface area (Å²) >= 11 is 18.1. The molecular weight excluding hydrogens is 323 g/mol. The van der Waals surface area contributed by atoms with E-state index in [-0.39, 0.29) is 5.91 Å². The average molecular weight is 340 g/mol. The van der Waals surface area contributed by atoms with Crippen LogP contribution < -0.4 is 10.6 Å². The molecule has 0 aromatic heterocycles. The molecule has 0 atom stereocenters. The number of carbonyl (C=O) groups excluding carboxylic acids is 1. The number of rotatable bonds is 8. The Hall–Kier alpha value is -0.520. The van der Waals surface area contributed by atoms with Crippen LogP contribution in [-0.4, -0.2) is 32.7 Å². The van der Waals surface area contributed by atoms with Gasteiger partial charge < -0.3 is 15.4 Å². The molecule has 0 fully saturated rings. The first-order valence-corrected chi connectivity index (χ1v) is 7.28. The molecule has 0 aliphatic heterocycles. The lowest BCUT2D eigenvalue weighted by atomic mass is 10.2. The first kappa shape index (κ1) is 17.5. The topological polar surface area (TPSA) is 50.4 Å². The van der Waals surface area contributed by atoms with Gasteiger partial charge in [0.05, 0.1) is 16.7 Å². The van der Waals surface area contributed by atoms with Gasteiger partial charge in [-0.1, -0.05) is 34.8 Å². The van der Waals surface area contributed by atoms with Gasteiger partial charge in [-0.25, -0.2) is 0 Å². The van der Waals surface area contributed by atoms with E-state index in [1.807, 2.05) is 0 Å². The molecule has 0 saturated heterocycles. The van der Waals surface area contributed by atoms with Crippen LogP contribution in [0.5, 0.6) is 0 Å². The maximum atomic E-state index is 11.4. The Morgan fingerprint density at radius 1 is 1.20 bits per heavy atom. The molecule has 112 valence electrons. The third-order valence-corrected chi connectivity index (χ3v) is 3.80. The lowest BCUT2D eigenvalue weighted by Gasteiger charge is -2.10. The lowest BCUT2D eigenvalue weighted by molar-refractivity contribution is -0.121. The zero-order chi connectivity index (χ0) is 15.0. The minimum Gasteiger partial charge on any atom is -0.383 e. The van der Waals surface area contributed by atoms with Crippen LogP contribution in [0.2, 0.25) is 15.1 Å². The summed E-state index contributed by atoms with van der Waals surface area (Å²) in [5.74, 6) is -0.0298. The summed E-state index contributed by atoms with van der Waals surface area (Å²) in [5.41, 5.74) is 0.737. The van der Waals surface area contributed by atoms with Crippen LogP contribution in [0, 0.1) is 0 Å². The van der Waals surface area contributed by atoms with E-state index in [4.69, 9.17) is 39.5 Å². The quantitative estimate of drug-likeness (QED) is 0.565. The molecule has 0 unspecified atom stereocenters. The Balaban J connectivity index is 2.31. The molecule has 2 N–H and O–H groups in total. The first-order valence-electron chi connectivity index (χ1n) is 6.15. The van der Waals surface area contributed by atoms with Crippen molar-refractivity contribution < 1.29 is 9.53 Å². The largest absolute Gasteiger partial charge is 0.383 e.